The van der Waals surface area contributed by atoms with Gasteiger partial charge in [-0.2, -0.15) is 0 Å². The molecule has 2 aromatic rings. The van der Waals surface area contributed by atoms with E-state index in [4.69, 9.17) is 25.5 Å². The highest BCUT2D eigenvalue weighted by Gasteiger charge is 2.23. The summed E-state index contributed by atoms with van der Waals surface area (Å²) in [6.45, 7) is 1.38. The maximum Gasteiger partial charge on any atom is 0.178 e. The molecule has 3 rings (SSSR count). The molecule has 2 heterocycles. The van der Waals surface area contributed by atoms with Gasteiger partial charge in [-0.3, -0.25) is 4.99 Å². The van der Waals surface area contributed by atoms with E-state index in [2.05, 4.69) is 10.1 Å². The van der Waals surface area contributed by atoms with Gasteiger partial charge < -0.3 is 25.5 Å². The monoisotopic (exact) mass is 274 g/mol. The summed E-state index contributed by atoms with van der Waals surface area (Å²) >= 11 is 0. The van der Waals surface area contributed by atoms with E-state index >= 15 is 0 Å². The van der Waals surface area contributed by atoms with Crippen LogP contribution in [0.3, 0.4) is 0 Å². The molecule has 0 atom stereocenters. The molecule has 4 N–H and O–H groups in total. The Morgan fingerprint density at radius 3 is 2.90 bits per heavy atom. The van der Waals surface area contributed by atoms with Crippen molar-refractivity contribution in [1.29, 1.82) is 0 Å². The predicted molar refractivity (Wildman–Crippen MR) is 74.9 cm³/mol. The van der Waals surface area contributed by atoms with Crippen molar-refractivity contribution in [2.24, 2.45) is 10.7 Å². The normalized spacial score (nSPS) is 14.6. The van der Waals surface area contributed by atoms with E-state index < -0.39 is 0 Å². The number of aliphatic imine (C=N–C) groups is 1. The number of hydrogen-bond donors (Lipinski definition) is 2. The van der Waals surface area contributed by atoms with Crippen LogP contribution in [0.15, 0.2) is 27.9 Å². The van der Waals surface area contributed by atoms with Gasteiger partial charge in [0.05, 0.1) is 6.54 Å². The third-order valence-corrected chi connectivity index (χ3v) is 2.92. The Bertz CT molecular complexity index is 690. The lowest BCUT2D eigenvalue weighted by Gasteiger charge is -2.21. The molecule has 0 saturated heterocycles. The Morgan fingerprint density at radius 2 is 2.10 bits per heavy atom. The van der Waals surface area contributed by atoms with Gasteiger partial charge in [0.25, 0.3) is 0 Å². The van der Waals surface area contributed by atoms with Gasteiger partial charge >= 0.3 is 0 Å². The number of fused-ring (bicyclic) bond motifs is 3. The van der Waals surface area contributed by atoms with Gasteiger partial charge in [0.15, 0.2) is 22.9 Å². The number of nitrogen functional groups attached to an aromatic ring is 1. The second kappa shape index (κ2) is 5.12. The molecule has 104 valence electrons. The van der Waals surface area contributed by atoms with Crippen molar-refractivity contribution in [3.8, 4) is 11.5 Å². The number of allylic oxidation sites excluding steroid dienone is 1. The first-order valence-electron chi connectivity index (χ1n) is 6.14. The number of nitrogens with two attached hydrogens (primary N) is 2. The van der Waals surface area contributed by atoms with Gasteiger partial charge in [0.1, 0.15) is 18.6 Å². The molecule has 0 radical (unpaired) electrons. The molecule has 1 aliphatic rings. The minimum atomic E-state index is 0.294. The fourth-order valence-electron chi connectivity index (χ4n) is 2.09. The quantitative estimate of drug-likeness (QED) is 0.814. The maximum absolute atomic E-state index is 5.80. The molecule has 0 bridgehead atoms. The van der Waals surface area contributed by atoms with Gasteiger partial charge in [-0.1, -0.05) is 5.16 Å². The highest BCUT2D eigenvalue weighted by molar-refractivity contribution is 5.96. The zero-order valence-corrected chi connectivity index (χ0v) is 10.7. The lowest BCUT2D eigenvalue weighted by atomic mass is 10.1. The fourth-order valence-corrected chi connectivity index (χ4v) is 2.09. The standard InChI is InChI=1S/C13H14N4O3/c14-2-1-3-16-7-8-6-9-10(13(15)17-20-9)12-11(8)18-4-5-19-12/h1-3,6H,4-5,7,14H2,(H2,15,17)/b2-1-,16-3?. The first-order chi connectivity index (χ1) is 9.81. The Morgan fingerprint density at radius 1 is 1.30 bits per heavy atom. The van der Waals surface area contributed by atoms with Crippen LogP contribution in [0.2, 0.25) is 0 Å². The predicted octanol–water partition coefficient (Wildman–Crippen LogP) is 1.22. The van der Waals surface area contributed by atoms with E-state index in [9.17, 15) is 0 Å². The number of anilines is 1. The molecule has 0 fully saturated rings. The van der Waals surface area contributed by atoms with Crippen molar-refractivity contribution in [1.82, 2.24) is 5.16 Å². The number of benzene rings is 1. The highest BCUT2D eigenvalue weighted by atomic mass is 16.6. The summed E-state index contributed by atoms with van der Waals surface area (Å²) in [5, 5.41) is 4.40. The van der Waals surface area contributed by atoms with Crippen LogP contribution in [0.25, 0.3) is 11.0 Å². The van der Waals surface area contributed by atoms with Crippen LogP contribution in [0.5, 0.6) is 11.5 Å². The summed E-state index contributed by atoms with van der Waals surface area (Å²) in [4.78, 5) is 4.23. The smallest absolute Gasteiger partial charge is 0.178 e. The Kier molecular flexibility index (Phi) is 3.16. The van der Waals surface area contributed by atoms with E-state index in [1.54, 1.807) is 12.3 Å². The van der Waals surface area contributed by atoms with E-state index in [1.807, 2.05) is 6.07 Å². The zero-order chi connectivity index (χ0) is 13.9. The first-order valence-corrected chi connectivity index (χ1v) is 6.14. The van der Waals surface area contributed by atoms with E-state index in [1.165, 1.54) is 6.20 Å². The van der Waals surface area contributed by atoms with Crippen LogP contribution in [-0.2, 0) is 6.54 Å². The third kappa shape index (κ3) is 2.03. The number of nitrogens with zero attached hydrogens (tertiary/aromatic N) is 2. The topological polar surface area (TPSA) is 109 Å². The first kappa shape index (κ1) is 12.3. The minimum absolute atomic E-state index is 0.294. The number of aromatic nitrogens is 1. The average Bonchev–Trinajstić information content (AvgIpc) is 2.85. The van der Waals surface area contributed by atoms with Gasteiger partial charge in [-0.25, -0.2) is 0 Å². The van der Waals surface area contributed by atoms with Crippen molar-refractivity contribution in [2.45, 2.75) is 6.54 Å². The molecule has 1 aromatic heterocycles. The van der Waals surface area contributed by atoms with Crippen molar-refractivity contribution in [3.05, 3.63) is 23.9 Å². The lowest BCUT2D eigenvalue weighted by Crippen LogP contribution is -2.17. The van der Waals surface area contributed by atoms with Crippen LogP contribution in [0, 0.1) is 0 Å². The SMILES string of the molecule is N/C=C\C=NCc1cc2onc(N)c2c2c1OCCO2. The van der Waals surface area contributed by atoms with Crippen molar-refractivity contribution in [3.63, 3.8) is 0 Å². The second-order valence-electron chi connectivity index (χ2n) is 4.21. The van der Waals surface area contributed by atoms with Crippen LogP contribution < -0.4 is 20.9 Å². The number of hydrogen-bond acceptors (Lipinski definition) is 7. The summed E-state index contributed by atoms with van der Waals surface area (Å²) < 4.78 is 16.5. The number of rotatable bonds is 3. The van der Waals surface area contributed by atoms with Gasteiger partial charge in [-0.15, -0.1) is 0 Å². The van der Waals surface area contributed by atoms with Crippen LogP contribution in [0.4, 0.5) is 5.82 Å². The van der Waals surface area contributed by atoms with Gasteiger partial charge in [0.2, 0.25) is 0 Å². The average molecular weight is 274 g/mol. The van der Waals surface area contributed by atoms with Gasteiger partial charge in [-0.05, 0) is 18.3 Å². The molecule has 1 aliphatic heterocycles. The Hall–Kier alpha value is -2.70. The molecule has 0 spiro atoms. The molecular formula is C13H14N4O3. The summed E-state index contributed by atoms with van der Waals surface area (Å²) in [7, 11) is 0. The molecule has 1 aromatic carbocycles. The third-order valence-electron chi connectivity index (χ3n) is 2.92. The number of ether oxygens (including phenoxy) is 2. The van der Waals surface area contributed by atoms with Crippen molar-refractivity contribution in [2.75, 3.05) is 18.9 Å². The molecular weight excluding hydrogens is 260 g/mol. The van der Waals surface area contributed by atoms with Crippen LogP contribution >= 0.6 is 0 Å². The van der Waals surface area contributed by atoms with E-state index in [-0.39, 0.29) is 0 Å². The highest BCUT2D eigenvalue weighted by Crippen LogP contribution is 2.43. The minimum Gasteiger partial charge on any atom is -0.486 e. The zero-order valence-electron chi connectivity index (χ0n) is 10.7. The summed E-state index contributed by atoms with van der Waals surface area (Å²) in [6.07, 6.45) is 4.68. The van der Waals surface area contributed by atoms with Crippen molar-refractivity contribution >= 4 is 23.0 Å². The molecule has 0 amide bonds. The van der Waals surface area contributed by atoms with Crippen molar-refractivity contribution < 1.29 is 14.0 Å². The van der Waals surface area contributed by atoms with Crippen LogP contribution in [-0.4, -0.2) is 24.6 Å². The molecule has 0 unspecified atom stereocenters. The van der Waals surface area contributed by atoms with Crippen LogP contribution in [0.1, 0.15) is 5.56 Å². The largest absolute Gasteiger partial charge is 0.486 e. The Balaban J connectivity index is 2.07. The molecule has 0 saturated carbocycles. The molecule has 20 heavy (non-hydrogen) atoms. The molecule has 0 aliphatic carbocycles. The molecule has 7 nitrogen and oxygen atoms in total. The van der Waals surface area contributed by atoms with Gasteiger partial charge in [0, 0.05) is 11.8 Å². The van der Waals surface area contributed by atoms with E-state index in [0.29, 0.717) is 48.0 Å². The summed E-state index contributed by atoms with van der Waals surface area (Å²) in [6, 6.07) is 1.82. The second-order valence-corrected chi connectivity index (χ2v) is 4.21. The summed E-state index contributed by atoms with van der Waals surface area (Å²) in [5.41, 5.74) is 12.5. The van der Waals surface area contributed by atoms with E-state index in [0.717, 1.165) is 5.56 Å². The maximum atomic E-state index is 5.80. The summed E-state index contributed by atoms with van der Waals surface area (Å²) in [5.74, 6) is 1.52. The fraction of sp³-hybridized carbons (Fsp3) is 0.231. The lowest BCUT2D eigenvalue weighted by molar-refractivity contribution is 0.172. The molecule has 7 heteroatoms. The Labute approximate surface area is 114 Å².